The first kappa shape index (κ1) is 28.6. The third kappa shape index (κ3) is 11.8. The van der Waals surface area contributed by atoms with Crippen molar-refractivity contribution in [1.29, 1.82) is 0 Å². The minimum absolute atomic E-state index is 0.124. The minimum Gasteiger partial charge on any atom is -0.481 e. The van der Waals surface area contributed by atoms with Crippen molar-refractivity contribution >= 4 is 11.8 Å². The van der Waals surface area contributed by atoms with Crippen LogP contribution in [0.5, 0.6) is 0 Å². The SMILES string of the molecule is CCCCCCC(C)C(=O)O.CCCCCCC(C)C(=O)c1ccc(-c2ccccc2)cc1. The molecule has 0 aliphatic rings. The maximum atomic E-state index is 12.5. The van der Waals surface area contributed by atoms with Crippen LogP contribution in [0.3, 0.4) is 0 Å². The van der Waals surface area contributed by atoms with Crippen molar-refractivity contribution in [3.63, 3.8) is 0 Å². The summed E-state index contributed by atoms with van der Waals surface area (Å²) in [7, 11) is 0. The van der Waals surface area contributed by atoms with E-state index in [0.717, 1.165) is 36.8 Å². The van der Waals surface area contributed by atoms with E-state index in [-0.39, 0.29) is 17.6 Å². The van der Waals surface area contributed by atoms with Crippen LogP contribution in [0.1, 0.15) is 102 Å². The van der Waals surface area contributed by atoms with E-state index >= 15 is 0 Å². The molecule has 0 radical (unpaired) electrons. The number of carboxylic acid groups (broad SMARTS) is 1. The number of rotatable bonds is 14. The van der Waals surface area contributed by atoms with E-state index < -0.39 is 5.97 Å². The summed E-state index contributed by atoms with van der Waals surface area (Å²) in [4.78, 5) is 22.8. The molecule has 0 fully saturated rings. The average Bonchev–Trinajstić information content (AvgIpc) is 2.84. The topological polar surface area (TPSA) is 54.4 Å². The smallest absolute Gasteiger partial charge is 0.306 e. The minimum atomic E-state index is -0.665. The second kappa shape index (κ2) is 17.1. The van der Waals surface area contributed by atoms with Gasteiger partial charge in [0.05, 0.1) is 5.92 Å². The number of benzene rings is 2. The zero-order chi connectivity index (χ0) is 24.5. The first-order chi connectivity index (χ1) is 15.9. The van der Waals surface area contributed by atoms with Crippen LogP contribution in [0.2, 0.25) is 0 Å². The van der Waals surface area contributed by atoms with Gasteiger partial charge >= 0.3 is 5.97 Å². The van der Waals surface area contributed by atoms with Crippen molar-refractivity contribution < 1.29 is 14.7 Å². The number of aliphatic carboxylic acids is 1. The molecular formula is C30H44O3. The molecule has 0 amide bonds. The monoisotopic (exact) mass is 452 g/mol. The Morgan fingerprint density at radius 3 is 1.64 bits per heavy atom. The standard InChI is InChI=1S/C21H26O.C9H18O2/c1-3-4-5-7-10-17(2)21(22)20-15-13-19(14-16-20)18-11-8-6-9-12-18;1-3-4-5-6-7-8(2)9(10)11/h6,8-9,11-17H,3-5,7,10H2,1-2H3;8H,3-7H2,1-2H3,(H,10,11). The molecule has 0 spiro atoms. The largest absolute Gasteiger partial charge is 0.481 e. The van der Waals surface area contributed by atoms with Crippen LogP contribution in [0.15, 0.2) is 54.6 Å². The van der Waals surface area contributed by atoms with Gasteiger partial charge in [-0.25, -0.2) is 0 Å². The van der Waals surface area contributed by atoms with Crippen LogP contribution < -0.4 is 0 Å². The van der Waals surface area contributed by atoms with Gasteiger partial charge in [-0.05, 0) is 24.0 Å². The fourth-order valence-corrected chi connectivity index (χ4v) is 3.75. The van der Waals surface area contributed by atoms with E-state index in [1.165, 1.54) is 44.1 Å². The predicted molar refractivity (Wildman–Crippen MR) is 140 cm³/mol. The Labute approximate surface area is 201 Å². The summed E-state index contributed by atoms with van der Waals surface area (Å²) in [6.45, 7) is 8.19. The highest BCUT2D eigenvalue weighted by molar-refractivity contribution is 5.98. The number of unbranched alkanes of at least 4 members (excludes halogenated alkanes) is 6. The molecule has 0 aromatic heterocycles. The van der Waals surface area contributed by atoms with Crippen LogP contribution in [0, 0.1) is 11.8 Å². The molecule has 2 aromatic carbocycles. The third-order valence-corrected chi connectivity index (χ3v) is 6.13. The van der Waals surface area contributed by atoms with E-state index in [9.17, 15) is 9.59 Å². The highest BCUT2D eigenvalue weighted by atomic mass is 16.4. The van der Waals surface area contributed by atoms with Gasteiger partial charge in [0.15, 0.2) is 5.78 Å². The molecule has 2 rings (SSSR count). The molecule has 0 aliphatic carbocycles. The summed E-state index contributed by atoms with van der Waals surface area (Å²) in [5.74, 6) is -0.427. The molecule has 0 aliphatic heterocycles. The second-order valence-electron chi connectivity index (χ2n) is 9.15. The Hall–Kier alpha value is -2.42. The second-order valence-corrected chi connectivity index (χ2v) is 9.15. The lowest BCUT2D eigenvalue weighted by Gasteiger charge is -2.11. The van der Waals surface area contributed by atoms with E-state index in [4.69, 9.17) is 5.11 Å². The molecule has 0 saturated heterocycles. The van der Waals surface area contributed by atoms with Gasteiger partial charge in [-0.1, -0.05) is 134 Å². The van der Waals surface area contributed by atoms with Crippen LogP contribution in [-0.2, 0) is 4.79 Å². The number of hydrogen-bond acceptors (Lipinski definition) is 2. The molecule has 0 heterocycles. The normalized spacial score (nSPS) is 12.4. The summed E-state index contributed by atoms with van der Waals surface area (Å²) in [5, 5.41) is 8.54. The summed E-state index contributed by atoms with van der Waals surface area (Å²) >= 11 is 0. The van der Waals surface area contributed by atoms with E-state index in [2.05, 4.69) is 32.9 Å². The van der Waals surface area contributed by atoms with Gasteiger partial charge in [0, 0.05) is 11.5 Å². The number of Topliss-reactive ketones (excluding diaryl/α,β-unsaturated/α-hetero) is 1. The maximum absolute atomic E-state index is 12.5. The Morgan fingerprint density at radius 2 is 1.15 bits per heavy atom. The number of carbonyl (C=O) groups is 2. The Bertz CT molecular complexity index is 780. The average molecular weight is 453 g/mol. The van der Waals surface area contributed by atoms with Crippen molar-refractivity contribution in [3.8, 4) is 11.1 Å². The molecule has 3 nitrogen and oxygen atoms in total. The maximum Gasteiger partial charge on any atom is 0.306 e. The molecule has 0 saturated carbocycles. The van der Waals surface area contributed by atoms with E-state index in [1.807, 2.05) is 42.5 Å². The van der Waals surface area contributed by atoms with Crippen molar-refractivity contribution in [1.82, 2.24) is 0 Å². The fraction of sp³-hybridized carbons (Fsp3) is 0.533. The molecule has 2 unspecified atom stereocenters. The molecule has 2 aromatic rings. The summed E-state index contributed by atoms with van der Waals surface area (Å²) in [6, 6.07) is 18.3. The first-order valence-electron chi connectivity index (χ1n) is 12.8. The van der Waals surface area contributed by atoms with Crippen molar-refractivity contribution in [2.24, 2.45) is 11.8 Å². The molecule has 33 heavy (non-hydrogen) atoms. The van der Waals surface area contributed by atoms with Gasteiger partial charge in [-0.3, -0.25) is 9.59 Å². The summed E-state index contributed by atoms with van der Waals surface area (Å²) in [6.07, 6.45) is 11.4. The number of ketones is 1. The quantitative estimate of drug-likeness (QED) is 0.230. The van der Waals surface area contributed by atoms with E-state index in [1.54, 1.807) is 6.92 Å². The Balaban J connectivity index is 0.000000420. The zero-order valence-electron chi connectivity index (χ0n) is 21.2. The Morgan fingerprint density at radius 1 is 0.667 bits per heavy atom. The summed E-state index contributed by atoms with van der Waals surface area (Å²) in [5.41, 5.74) is 3.18. The van der Waals surface area contributed by atoms with Crippen LogP contribution in [0.4, 0.5) is 0 Å². The van der Waals surface area contributed by atoms with Crippen LogP contribution in [0.25, 0.3) is 11.1 Å². The highest BCUT2D eigenvalue weighted by Crippen LogP contribution is 2.22. The van der Waals surface area contributed by atoms with Gasteiger partial charge in [0.1, 0.15) is 0 Å². The van der Waals surface area contributed by atoms with Crippen LogP contribution >= 0.6 is 0 Å². The van der Waals surface area contributed by atoms with Crippen molar-refractivity contribution in [3.05, 3.63) is 60.2 Å². The zero-order valence-corrected chi connectivity index (χ0v) is 21.2. The fourth-order valence-electron chi connectivity index (χ4n) is 3.75. The molecule has 3 heteroatoms. The molecular weight excluding hydrogens is 408 g/mol. The third-order valence-electron chi connectivity index (χ3n) is 6.13. The summed E-state index contributed by atoms with van der Waals surface area (Å²) < 4.78 is 0. The number of carboxylic acids is 1. The van der Waals surface area contributed by atoms with E-state index in [0.29, 0.717) is 0 Å². The van der Waals surface area contributed by atoms with Crippen molar-refractivity contribution in [2.45, 2.75) is 91.9 Å². The molecule has 1 N–H and O–H groups in total. The molecule has 182 valence electrons. The molecule has 0 bridgehead atoms. The van der Waals surface area contributed by atoms with Gasteiger partial charge in [-0.2, -0.15) is 0 Å². The Kier molecular flexibility index (Phi) is 14.8. The van der Waals surface area contributed by atoms with Gasteiger partial charge < -0.3 is 5.11 Å². The highest BCUT2D eigenvalue weighted by Gasteiger charge is 2.14. The number of hydrogen-bond donors (Lipinski definition) is 1. The lowest BCUT2D eigenvalue weighted by molar-refractivity contribution is -0.141. The van der Waals surface area contributed by atoms with Crippen molar-refractivity contribution in [2.75, 3.05) is 0 Å². The predicted octanol–water partition coefficient (Wildman–Crippen LogP) is 8.82. The number of carbonyl (C=O) groups excluding carboxylic acids is 1. The molecule has 2 atom stereocenters. The van der Waals surface area contributed by atoms with Gasteiger partial charge in [-0.15, -0.1) is 0 Å². The lowest BCUT2D eigenvalue weighted by atomic mass is 9.93. The first-order valence-corrected chi connectivity index (χ1v) is 12.8. The van der Waals surface area contributed by atoms with Gasteiger partial charge in [0.25, 0.3) is 0 Å². The van der Waals surface area contributed by atoms with Crippen LogP contribution in [-0.4, -0.2) is 16.9 Å². The van der Waals surface area contributed by atoms with Gasteiger partial charge in [0.2, 0.25) is 0 Å². The lowest BCUT2D eigenvalue weighted by Crippen LogP contribution is -2.11.